The van der Waals surface area contributed by atoms with Crippen LogP contribution in [0.5, 0.6) is 5.75 Å². The van der Waals surface area contributed by atoms with Gasteiger partial charge in [0.2, 0.25) is 0 Å². The van der Waals surface area contributed by atoms with E-state index in [4.69, 9.17) is 4.74 Å². The lowest BCUT2D eigenvalue weighted by atomic mass is 9.96. The SMILES string of the molecule is COc1ccccc1CN1CC(C2CC2)NCC1C(C)C. The first kappa shape index (κ1) is 14.9. The van der Waals surface area contributed by atoms with E-state index in [1.54, 1.807) is 7.11 Å². The molecule has 0 radical (unpaired) electrons. The summed E-state index contributed by atoms with van der Waals surface area (Å²) < 4.78 is 5.53. The number of para-hydroxylation sites is 1. The average Bonchev–Trinajstić information content (AvgIpc) is 3.32. The average molecular weight is 288 g/mol. The Morgan fingerprint density at radius 3 is 2.71 bits per heavy atom. The number of piperazine rings is 1. The van der Waals surface area contributed by atoms with Crippen molar-refractivity contribution in [2.24, 2.45) is 11.8 Å². The van der Waals surface area contributed by atoms with Gasteiger partial charge in [-0.05, 0) is 30.7 Å². The van der Waals surface area contributed by atoms with Crippen LogP contribution in [0.25, 0.3) is 0 Å². The fourth-order valence-electron chi connectivity index (χ4n) is 3.56. The normalized spacial score (nSPS) is 27.0. The van der Waals surface area contributed by atoms with Crippen molar-refractivity contribution in [2.75, 3.05) is 20.2 Å². The summed E-state index contributed by atoms with van der Waals surface area (Å²) in [6, 6.07) is 9.74. The largest absolute Gasteiger partial charge is 0.496 e. The molecule has 1 aromatic rings. The van der Waals surface area contributed by atoms with Crippen molar-refractivity contribution in [3.8, 4) is 5.75 Å². The van der Waals surface area contributed by atoms with Crippen molar-refractivity contribution < 1.29 is 4.74 Å². The van der Waals surface area contributed by atoms with E-state index >= 15 is 0 Å². The number of hydrogen-bond acceptors (Lipinski definition) is 3. The molecule has 116 valence electrons. The number of rotatable bonds is 5. The van der Waals surface area contributed by atoms with Crippen molar-refractivity contribution in [1.82, 2.24) is 10.2 Å². The van der Waals surface area contributed by atoms with Gasteiger partial charge in [-0.15, -0.1) is 0 Å². The number of hydrogen-bond donors (Lipinski definition) is 1. The van der Waals surface area contributed by atoms with E-state index in [-0.39, 0.29) is 0 Å². The molecule has 3 rings (SSSR count). The first-order chi connectivity index (χ1) is 10.2. The summed E-state index contributed by atoms with van der Waals surface area (Å²) in [5.41, 5.74) is 1.31. The van der Waals surface area contributed by atoms with Crippen LogP contribution in [-0.4, -0.2) is 37.2 Å². The number of nitrogens with zero attached hydrogens (tertiary/aromatic N) is 1. The molecule has 1 aromatic carbocycles. The van der Waals surface area contributed by atoms with Crippen molar-refractivity contribution in [3.05, 3.63) is 29.8 Å². The first-order valence-corrected chi connectivity index (χ1v) is 8.28. The summed E-state index contributed by atoms with van der Waals surface area (Å²) >= 11 is 0. The summed E-state index contributed by atoms with van der Waals surface area (Å²) in [6.45, 7) is 7.95. The van der Waals surface area contributed by atoms with Crippen LogP contribution >= 0.6 is 0 Å². The summed E-state index contributed by atoms with van der Waals surface area (Å²) in [4.78, 5) is 2.67. The fraction of sp³-hybridized carbons (Fsp3) is 0.667. The Balaban J connectivity index is 1.74. The molecule has 2 unspecified atom stereocenters. The second kappa shape index (κ2) is 6.37. The second-order valence-corrected chi connectivity index (χ2v) is 6.90. The zero-order valence-corrected chi connectivity index (χ0v) is 13.5. The second-order valence-electron chi connectivity index (χ2n) is 6.90. The minimum Gasteiger partial charge on any atom is -0.496 e. The van der Waals surface area contributed by atoms with Gasteiger partial charge in [-0.3, -0.25) is 4.90 Å². The third kappa shape index (κ3) is 3.41. The Kier molecular flexibility index (Phi) is 4.51. The van der Waals surface area contributed by atoms with Gasteiger partial charge in [-0.25, -0.2) is 0 Å². The lowest BCUT2D eigenvalue weighted by Crippen LogP contribution is -2.58. The van der Waals surface area contributed by atoms with Gasteiger partial charge in [0.1, 0.15) is 5.75 Å². The predicted molar refractivity (Wildman–Crippen MR) is 86.5 cm³/mol. The Bertz CT molecular complexity index is 470. The quantitative estimate of drug-likeness (QED) is 0.901. The fourth-order valence-corrected chi connectivity index (χ4v) is 3.56. The molecule has 0 spiro atoms. The van der Waals surface area contributed by atoms with Crippen LogP contribution in [0.2, 0.25) is 0 Å². The molecule has 21 heavy (non-hydrogen) atoms. The Morgan fingerprint density at radius 2 is 2.05 bits per heavy atom. The highest BCUT2D eigenvalue weighted by molar-refractivity contribution is 5.33. The molecular formula is C18H28N2O. The molecule has 3 nitrogen and oxygen atoms in total. The molecule has 2 fully saturated rings. The summed E-state index contributed by atoms with van der Waals surface area (Å²) in [6.07, 6.45) is 2.82. The molecule has 1 heterocycles. The standard InChI is InChI=1S/C18H28N2O/c1-13(2)17-10-19-16(14-8-9-14)12-20(17)11-15-6-4-5-7-18(15)21-3/h4-7,13-14,16-17,19H,8-12H2,1-3H3. The van der Waals surface area contributed by atoms with Crippen molar-refractivity contribution in [1.29, 1.82) is 0 Å². The monoisotopic (exact) mass is 288 g/mol. The molecule has 0 aromatic heterocycles. The van der Waals surface area contributed by atoms with Gasteiger partial charge in [-0.2, -0.15) is 0 Å². The van der Waals surface area contributed by atoms with Crippen molar-refractivity contribution >= 4 is 0 Å². The number of ether oxygens (including phenoxy) is 1. The predicted octanol–water partition coefficient (Wildman–Crippen LogP) is 2.90. The highest BCUT2D eigenvalue weighted by Gasteiger charge is 2.38. The Labute approximate surface area is 128 Å². The van der Waals surface area contributed by atoms with E-state index in [0.29, 0.717) is 18.0 Å². The van der Waals surface area contributed by atoms with E-state index in [9.17, 15) is 0 Å². The van der Waals surface area contributed by atoms with Crippen LogP contribution in [0.4, 0.5) is 0 Å². The van der Waals surface area contributed by atoms with E-state index in [2.05, 4.69) is 42.3 Å². The molecule has 1 saturated carbocycles. The summed E-state index contributed by atoms with van der Waals surface area (Å²) in [5.74, 6) is 2.60. The minimum atomic E-state index is 0.616. The zero-order valence-electron chi connectivity index (χ0n) is 13.5. The molecular weight excluding hydrogens is 260 g/mol. The van der Waals surface area contributed by atoms with Crippen LogP contribution in [0.3, 0.4) is 0 Å². The lowest BCUT2D eigenvalue weighted by molar-refractivity contribution is 0.0844. The van der Waals surface area contributed by atoms with E-state index < -0.39 is 0 Å². The van der Waals surface area contributed by atoms with E-state index in [1.165, 1.54) is 24.9 Å². The molecule has 3 heteroatoms. The highest BCUT2D eigenvalue weighted by Crippen LogP contribution is 2.35. The van der Waals surface area contributed by atoms with Gasteiger partial charge < -0.3 is 10.1 Å². The molecule has 1 saturated heterocycles. The lowest BCUT2D eigenvalue weighted by Gasteiger charge is -2.43. The molecule has 1 aliphatic carbocycles. The zero-order chi connectivity index (χ0) is 14.8. The molecule has 0 amide bonds. The maximum atomic E-state index is 5.53. The van der Waals surface area contributed by atoms with Gasteiger partial charge >= 0.3 is 0 Å². The maximum absolute atomic E-state index is 5.53. The smallest absolute Gasteiger partial charge is 0.123 e. The molecule has 2 aliphatic rings. The van der Waals surface area contributed by atoms with E-state index in [1.807, 2.05) is 6.07 Å². The van der Waals surface area contributed by atoms with Crippen LogP contribution in [0.15, 0.2) is 24.3 Å². The van der Waals surface area contributed by atoms with Gasteiger partial charge in [-0.1, -0.05) is 32.0 Å². The Hall–Kier alpha value is -1.06. The third-order valence-corrected chi connectivity index (χ3v) is 5.02. The van der Waals surface area contributed by atoms with Crippen molar-refractivity contribution in [3.63, 3.8) is 0 Å². The van der Waals surface area contributed by atoms with Gasteiger partial charge in [0.05, 0.1) is 7.11 Å². The van der Waals surface area contributed by atoms with Crippen LogP contribution in [0.1, 0.15) is 32.3 Å². The van der Waals surface area contributed by atoms with Crippen LogP contribution in [-0.2, 0) is 6.54 Å². The molecule has 0 bridgehead atoms. The van der Waals surface area contributed by atoms with Gasteiger partial charge in [0, 0.05) is 37.3 Å². The van der Waals surface area contributed by atoms with Crippen LogP contribution < -0.4 is 10.1 Å². The van der Waals surface area contributed by atoms with E-state index in [0.717, 1.165) is 24.8 Å². The summed E-state index contributed by atoms with van der Waals surface area (Å²) in [5, 5.41) is 3.78. The molecule has 1 aliphatic heterocycles. The molecule has 1 N–H and O–H groups in total. The van der Waals surface area contributed by atoms with Gasteiger partial charge in [0.25, 0.3) is 0 Å². The molecule has 2 atom stereocenters. The maximum Gasteiger partial charge on any atom is 0.123 e. The highest BCUT2D eigenvalue weighted by atomic mass is 16.5. The number of benzene rings is 1. The number of methoxy groups -OCH3 is 1. The topological polar surface area (TPSA) is 24.5 Å². The van der Waals surface area contributed by atoms with Gasteiger partial charge in [0.15, 0.2) is 0 Å². The third-order valence-electron chi connectivity index (χ3n) is 5.02. The first-order valence-electron chi connectivity index (χ1n) is 8.28. The summed E-state index contributed by atoms with van der Waals surface area (Å²) in [7, 11) is 1.77. The Morgan fingerprint density at radius 1 is 1.29 bits per heavy atom. The minimum absolute atomic E-state index is 0.616. The number of nitrogens with one attached hydrogen (secondary N) is 1. The van der Waals surface area contributed by atoms with Crippen LogP contribution in [0, 0.1) is 11.8 Å². The van der Waals surface area contributed by atoms with Crippen molar-refractivity contribution in [2.45, 2.75) is 45.3 Å².